The highest BCUT2D eigenvalue weighted by Gasteiger charge is 2.27. The zero-order valence-electron chi connectivity index (χ0n) is 8.71. The smallest absolute Gasteiger partial charge is 0.474 e. The molecule has 0 spiro atoms. The fourth-order valence-corrected chi connectivity index (χ4v) is 1.87. The van der Waals surface area contributed by atoms with E-state index in [1.54, 1.807) is 13.8 Å². The van der Waals surface area contributed by atoms with Crippen molar-refractivity contribution in [2.45, 2.75) is 19.9 Å². The Morgan fingerprint density at radius 2 is 1.80 bits per heavy atom. The number of carbonyl (C=O) groups is 1. The van der Waals surface area contributed by atoms with Crippen molar-refractivity contribution in [1.29, 1.82) is 0 Å². The maximum absolute atomic E-state index is 11.6. The second kappa shape index (κ2) is 6.92. The van der Waals surface area contributed by atoms with Crippen LogP contribution in [0.15, 0.2) is 0 Å². The number of hydrogen-bond donors (Lipinski definition) is 2. The highest BCUT2D eigenvalue weighted by atomic mass is 31.2. The Morgan fingerprint density at radius 1 is 1.33 bits per heavy atom. The summed E-state index contributed by atoms with van der Waals surface area (Å²) >= 11 is 0. The van der Waals surface area contributed by atoms with Crippen LogP contribution in [0.2, 0.25) is 0 Å². The first-order chi connectivity index (χ1) is 6.95. The first-order valence-electron chi connectivity index (χ1n) is 4.47. The summed E-state index contributed by atoms with van der Waals surface area (Å²) < 4.78 is 25.9. The molecular weight excluding hydrogens is 225 g/mol. The highest BCUT2D eigenvalue weighted by Crippen LogP contribution is 2.49. The van der Waals surface area contributed by atoms with Gasteiger partial charge in [0.1, 0.15) is 6.04 Å². The summed E-state index contributed by atoms with van der Waals surface area (Å²) in [5, 5.41) is 8.46. The van der Waals surface area contributed by atoms with Gasteiger partial charge in [-0.3, -0.25) is 18.4 Å². The largest absolute Gasteiger partial charge is 0.480 e. The molecule has 0 aliphatic carbocycles. The van der Waals surface area contributed by atoms with Gasteiger partial charge in [-0.2, -0.15) is 0 Å². The van der Waals surface area contributed by atoms with Gasteiger partial charge in [0.05, 0.1) is 19.8 Å². The molecule has 0 aromatic rings. The van der Waals surface area contributed by atoms with Crippen LogP contribution in [0.1, 0.15) is 13.8 Å². The quantitative estimate of drug-likeness (QED) is 0.599. The minimum Gasteiger partial charge on any atom is -0.480 e. The van der Waals surface area contributed by atoms with E-state index in [2.05, 4.69) is 0 Å². The first kappa shape index (κ1) is 14.5. The van der Waals surface area contributed by atoms with Gasteiger partial charge in [0.2, 0.25) is 0 Å². The molecule has 0 fully saturated rings. The van der Waals surface area contributed by atoms with Crippen molar-refractivity contribution in [3.05, 3.63) is 0 Å². The van der Waals surface area contributed by atoms with Crippen molar-refractivity contribution >= 4 is 13.8 Å². The molecule has 15 heavy (non-hydrogen) atoms. The van der Waals surface area contributed by atoms with Gasteiger partial charge in [-0.25, -0.2) is 4.57 Å². The summed E-state index contributed by atoms with van der Waals surface area (Å²) in [6.07, 6.45) is 0. The lowest BCUT2D eigenvalue weighted by Crippen LogP contribution is -2.34. The number of rotatable bonds is 8. The Labute approximate surface area is 88.1 Å². The Balaban J connectivity index is 4.18. The molecule has 3 N–H and O–H groups in total. The van der Waals surface area contributed by atoms with E-state index in [1.807, 2.05) is 0 Å². The topological polar surface area (TPSA) is 108 Å². The molecule has 0 aliphatic heterocycles. The van der Waals surface area contributed by atoms with Gasteiger partial charge in [0.15, 0.2) is 0 Å². The summed E-state index contributed by atoms with van der Waals surface area (Å²) in [4.78, 5) is 10.4. The fourth-order valence-electron chi connectivity index (χ4n) is 0.671. The molecule has 0 bridgehead atoms. The minimum absolute atomic E-state index is 0.138. The van der Waals surface area contributed by atoms with Crippen molar-refractivity contribution in [3.63, 3.8) is 0 Å². The average Bonchev–Trinajstić information content (AvgIpc) is 2.15. The normalized spacial score (nSPS) is 13.8. The summed E-state index contributed by atoms with van der Waals surface area (Å²) in [6.45, 7) is 3.09. The van der Waals surface area contributed by atoms with Crippen LogP contribution in [-0.4, -0.2) is 36.9 Å². The van der Waals surface area contributed by atoms with Gasteiger partial charge < -0.3 is 10.8 Å². The van der Waals surface area contributed by atoms with Crippen molar-refractivity contribution in [3.8, 4) is 0 Å². The lowest BCUT2D eigenvalue weighted by Gasteiger charge is -2.17. The van der Waals surface area contributed by atoms with E-state index < -0.39 is 26.4 Å². The molecule has 0 saturated carbocycles. The molecule has 0 unspecified atom stereocenters. The van der Waals surface area contributed by atoms with Crippen LogP contribution in [0.3, 0.4) is 0 Å². The molecule has 0 heterocycles. The number of hydrogen-bond acceptors (Lipinski definition) is 6. The van der Waals surface area contributed by atoms with Crippen molar-refractivity contribution in [2.75, 3.05) is 19.8 Å². The third-order valence-corrected chi connectivity index (χ3v) is 2.92. The molecule has 0 rings (SSSR count). The van der Waals surface area contributed by atoms with E-state index in [9.17, 15) is 9.36 Å². The number of carboxylic acid groups (broad SMARTS) is 1. The Bertz CT molecular complexity index is 236. The molecule has 90 valence electrons. The molecular formula is C7H16NO6P. The summed E-state index contributed by atoms with van der Waals surface area (Å²) in [5.74, 6) is -1.24. The number of nitrogens with two attached hydrogens (primary N) is 1. The van der Waals surface area contributed by atoms with E-state index >= 15 is 0 Å². The van der Waals surface area contributed by atoms with Crippen molar-refractivity contribution < 1.29 is 28.0 Å². The van der Waals surface area contributed by atoms with E-state index in [0.717, 1.165) is 0 Å². The van der Waals surface area contributed by atoms with Gasteiger partial charge >= 0.3 is 13.8 Å². The van der Waals surface area contributed by atoms with Gasteiger partial charge in [-0.1, -0.05) is 0 Å². The molecule has 1 atom stereocenters. The third kappa shape index (κ3) is 5.86. The van der Waals surface area contributed by atoms with Crippen LogP contribution in [0.25, 0.3) is 0 Å². The van der Waals surface area contributed by atoms with E-state index in [1.165, 1.54) is 0 Å². The average molecular weight is 241 g/mol. The second-order valence-electron chi connectivity index (χ2n) is 2.52. The Kier molecular flexibility index (Phi) is 6.71. The minimum atomic E-state index is -3.66. The number of phosphoric acid groups is 1. The van der Waals surface area contributed by atoms with Crippen LogP contribution in [-0.2, 0) is 22.9 Å². The van der Waals surface area contributed by atoms with E-state index in [-0.39, 0.29) is 13.2 Å². The van der Waals surface area contributed by atoms with Gasteiger partial charge in [-0.05, 0) is 13.8 Å². The van der Waals surface area contributed by atoms with E-state index in [0.29, 0.717) is 0 Å². The predicted octanol–water partition coefficient (Wildman–Crippen LogP) is 0.596. The molecule has 0 saturated heterocycles. The molecule has 0 radical (unpaired) electrons. The number of phosphoric ester groups is 1. The second-order valence-corrected chi connectivity index (χ2v) is 4.19. The Morgan fingerprint density at radius 3 is 2.13 bits per heavy atom. The summed E-state index contributed by atoms with van der Waals surface area (Å²) in [7, 11) is -3.66. The van der Waals surface area contributed by atoms with Crippen LogP contribution in [0.4, 0.5) is 0 Å². The van der Waals surface area contributed by atoms with Crippen LogP contribution >= 0.6 is 7.82 Å². The van der Waals surface area contributed by atoms with Crippen LogP contribution in [0.5, 0.6) is 0 Å². The van der Waals surface area contributed by atoms with Crippen molar-refractivity contribution in [1.82, 2.24) is 0 Å². The number of carboxylic acids is 1. The third-order valence-electron chi connectivity index (χ3n) is 1.30. The first-order valence-corrected chi connectivity index (χ1v) is 5.93. The summed E-state index contributed by atoms with van der Waals surface area (Å²) in [5.41, 5.74) is 5.16. The van der Waals surface area contributed by atoms with Crippen molar-refractivity contribution in [2.24, 2.45) is 5.73 Å². The lowest BCUT2D eigenvalue weighted by molar-refractivity contribution is -0.139. The van der Waals surface area contributed by atoms with Gasteiger partial charge in [0, 0.05) is 0 Å². The number of aliphatic carboxylic acids is 1. The van der Waals surface area contributed by atoms with Crippen LogP contribution < -0.4 is 5.73 Å². The maximum atomic E-state index is 11.6. The maximum Gasteiger partial charge on any atom is 0.474 e. The van der Waals surface area contributed by atoms with Gasteiger partial charge in [0.25, 0.3) is 0 Å². The fraction of sp³-hybridized carbons (Fsp3) is 0.857. The van der Waals surface area contributed by atoms with Crippen LogP contribution in [0, 0.1) is 0 Å². The molecule has 8 heteroatoms. The molecule has 0 aliphatic rings. The van der Waals surface area contributed by atoms with Gasteiger partial charge in [-0.15, -0.1) is 0 Å². The monoisotopic (exact) mass is 241 g/mol. The molecule has 0 amide bonds. The van der Waals surface area contributed by atoms with E-state index in [4.69, 9.17) is 24.4 Å². The SMILES string of the molecule is CCOP(=O)(OCC)OC[C@@H](N)C(=O)O. The predicted molar refractivity (Wildman–Crippen MR) is 52.4 cm³/mol. The lowest BCUT2D eigenvalue weighted by atomic mass is 10.3. The molecule has 0 aromatic heterocycles. The standard InChI is InChI=1S/C7H16NO6P/c1-3-12-15(11,13-4-2)14-5-6(8)7(9)10/h6H,3-5,8H2,1-2H3,(H,9,10)/t6-/m1/s1. The zero-order chi connectivity index (χ0) is 11.9. The highest BCUT2D eigenvalue weighted by molar-refractivity contribution is 7.48. The molecule has 7 nitrogen and oxygen atoms in total. The molecule has 0 aromatic carbocycles. The zero-order valence-corrected chi connectivity index (χ0v) is 9.61. The Hall–Kier alpha value is -0.460. The summed E-state index contributed by atoms with van der Waals surface area (Å²) in [6, 6.07) is -1.25.